The summed E-state index contributed by atoms with van der Waals surface area (Å²) in [6.07, 6.45) is -0.627. The van der Waals surface area contributed by atoms with E-state index in [1.165, 1.54) is 4.57 Å². The lowest BCUT2D eigenvalue weighted by Crippen LogP contribution is -2.30. The molecule has 6 nitrogen and oxygen atoms in total. The van der Waals surface area contributed by atoms with E-state index >= 15 is 0 Å². The number of aryl methyl sites for hydroxylation is 1. The van der Waals surface area contributed by atoms with Crippen LogP contribution >= 0.6 is 0 Å². The molecule has 0 aliphatic carbocycles. The van der Waals surface area contributed by atoms with Crippen LogP contribution in [0.3, 0.4) is 0 Å². The highest BCUT2D eigenvalue weighted by Crippen LogP contribution is 2.12. The molecule has 0 spiro atoms. The molecule has 0 bridgehead atoms. The molecule has 6 heteroatoms. The number of amides is 1. The van der Waals surface area contributed by atoms with E-state index in [0.717, 1.165) is 5.56 Å². The number of para-hydroxylation sites is 2. The minimum atomic E-state index is -0.757. The van der Waals surface area contributed by atoms with Crippen LogP contribution in [-0.2, 0) is 11.3 Å². The van der Waals surface area contributed by atoms with E-state index in [1.807, 2.05) is 24.3 Å². The molecule has 1 amide bonds. The number of oxazole rings is 1. The van der Waals surface area contributed by atoms with Crippen molar-refractivity contribution in [1.82, 2.24) is 9.88 Å². The molecular weight excluding hydrogens is 308 g/mol. The van der Waals surface area contributed by atoms with Crippen LogP contribution in [0.4, 0.5) is 0 Å². The molecule has 0 saturated heterocycles. The Hall–Kier alpha value is -2.86. The van der Waals surface area contributed by atoms with E-state index < -0.39 is 11.9 Å². The molecular formula is C18H18N2O4. The summed E-state index contributed by atoms with van der Waals surface area (Å²) in [5, 5.41) is 12.7. The summed E-state index contributed by atoms with van der Waals surface area (Å²) in [6, 6.07) is 16.2. The maximum absolute atomic E-state index is 12.0. The van der Waals surface area contributed by atoms with Crippen molar-refractivity contribution < 1.29 is 14.3 Å². The number of nitrogens with one attached hydrogen (secondary N) is 1. The van der Waals surface area contributed by atoms with Gasteiger partial charge in [-0.1, -0.05) is 42.5 Å². The third kappa shape index (κ3) is 3.55. The Labute approximate surface area is 138 Å². The highest BCUT2D eigenvalue weighted by atomic mass is 16.4. The van der Waals surface area contributed by atoms with Crippen molar-refractivity contribution in [3.8, 4) is 0 Å². The monoisotopic (exact) mass is 326 g/mol. The molecule has 0 aliphatic rings. The predicted molar refractivity (Wildman–Crippen MR) is 89.5 cm³/mol. The van der Waals surface area contributed by atoms with Gasteiger partial charge in [0.2, 0.25) is 5.91 Å². The Morgan fingerprint density at radius 1 is 1.12 bits per heavy atom. The fourth-order valence-electron chi connectivity index (χ4n) is 2.53. The number of carbonyl (C=O) groups is 1. The molecule has 0 radical (unpaired) electrons. The summed E-state index contributed by atoms with van der Waals surface area (Å²) in [5.74, 6) is -0.713. The smallest absolute Gasteiger partial charge is 0.408 e. The van der Waals surface area contributed by atoms with Crippen molar-refractivity contribution in [2.45, 2.75) is 19.1 Å². The Balaban J connectivity index is 1.56. The molecule has 24 heavy (non-hydrogen) atoms. The van der Waals surface area contributed by atoms with Crippen LogP contribution in [0.5, 0.6) is 0 Å². The summed E-state index contributed by atoms with van der Waals surface area (Å²) in [4.78, 5) is 23.8. The van der Waals surface area contributed by atoms with Crippen LogP contribution < -0.4 is 11.1 Å². The summed E-state index contributed by atoms with van der Waals surface area (Å²) < 4.78 is 6.56. The molecule has 3 aromatic rings. The summed E-state index contributed by atoms with van der Waals surface area (Å²) in [6.45, 7) is 0.354. The first-order chi connectivity index (χ1) is 11.6. The topological polar surface area (TPSA) is 84.5 Å². The number of fused-ring (bicyclic) bond motifs is 1. The molecule has 1 atom stereocenters. The number of hydrogen-bond donors (Lipinski definition) is 2. The first-order valence-corrected chi connectivity index (χ1v) is 7.73. The van der Waals surface area contributed by atoms with Gasteiger partial charge in [0.1, 0.15) is 0 Å². The second-order valence-corrected chi connectivity index (χ2v) is 5.47. The van der Waals surface area contributed by atoms with Crippen molar-refractivity contribution in [2.24, 2.45) is 0 Å². The molecule has 1 heterocycles. The number of hydrogen-bond acceptors (Lipinski definition) is 4. The van der Waals surface area contributed by atoms with Crippen molar-refractivity contribution in [3.05, 3.63) is 70.7 Å². The predicted octanol–water partition coefficient (Wildman–Crippen LogP) is 1.83. The van der Waals surface area contributed by atoms with Crippen molar-refractivity contribution in [2.75, 3.05) is 6.54 Å². The van der Waals surface area contributed by atoms with Gasteiger partial charge >= 0.3 is 5.76 Å². The zero-order valence-electron chi connectivity index (χ0n) is 13.0. The zero-order chi connectivity index (χ0) is 16.9. The number of carbonyl (C=O) groups excluding carboxylic acids is 1. The fraction of sp³-hybridized carbons (Fsp3) is 0.222. The van der Waals surface area contributed by atoms with Gasteiger partial charge in [-0.3, -0.25) is 9.36 Å². The Morgan fingerprint density at radius 2 is 1.83 bits per heavy atom. The standard InChI is InChI=1S/C18H18N2O4/c21-15(13-6-2-1-3-7-13)12-19-17(22)10-11-20-14-8-4-5-9-16(14)24-18(20)23/h1-9,15,21H,10-12H2,(H,19,22)/t15-/m1/s1. The lowest BCUT2D eigenvalue weighted by Gasteiger charge is -2.12. The van der Waals surface area contributed by atoms with E-state index in [4.69, 9.17) is 4.42 Å². The van der Waals surface area contributed by atoms with Gasteiger partial charge < -0.3 is 14.8 Å². The molecule has 1 aromatic heterocycles. The highest BCUT2D eigenvalue weighted by molar-refractivity contribution is 5.76. The minimum absolute atomic E-state index is 0.129. The van der Waals surface area contributed by atoms with Gasteiger partial charge in [0.05, 0.1) is 11.6 Å². The van der Waals surface area contributed by atoms with E-state index in [-0.39, 0.29) is 25.4 Å². The molecule has 2 N–H and O–H groups in total. The van der Waals surface area contributed by atoms with Gasteiger partial charge in [-0.05, 0) is 17.7 Å². The lowest BCUT2D eigenvalue weighted by molar-refractivity contribution is -0.121. The van der Waals surface area contributed by atoms with E-state index in [1.54, 1.807) is 30.3 Å². The Morgan fingerprint density at radius 3 is 2.62 bits per heavy atom. The van der Waals surface area contributed by atoms with Gasteiger partial charge in [0.15, 0.2) is 5.58 Å². The zero-order valence-corrected chi connectivity index (χ0v) is 13.0. The summed E-state index contributed by atoms with van der Waals surface area (Å²) in [7, 11) is 0. The van der Waals surface area contributed by atoms with E-state index in [0.29, 0.717) is 11.1 Å². The number of rotatable bonds is 6. The third-order valence-electron chi connectivity index (χ3n) is 3.81. The van der Waals surface area contributed by atoms with Crippen LogP contribution in [0.2, 0.25) is 0 Å². The minimum Gasteiger partial charge on any atom is -0.408 e. The second-order valence-electron chi connectivity index (χ2n) is 5.47. The number of aliphatic hydroxyl groups excluding tert-OH is 1. The average Bonchev–Trinajstić information content (AvgIpc) is 2.93. The maximum atomic E-state index is 12.0. The van der Waals surface area contributed by atoms with Crippen molar-refractivity contribution in [1.29, 1.82) is 0 Å². The number of aliphatic hydroxyl groups is 1. The first-order valence-electron chi connectivity index (χ1n) is 7.73. The second kappa shape index (κ2) is 7.14. The summed E-state index contributed by atoms with van der Waals surface area (Å²) in [5.41, 5.74) is 1.91. The van der Waals surface area contributed by atoms with Crippen LogP contribution in [0.15, 0.2) is 63.8 Å². The Bertz CT molecular complexity index is 883. The lowest BCUT2D eigenvalue weighted by atomic mass is 10.1. The van der Waals surface area contributed by atoms with Crippen LogP contribution in [0.25, 0.3) is 11.1 Å². The highest BCUT2D eigenvalue weighted by Gasteiger charge is 2.12. The number of nitrogens with zero attached hydrogens (tertiary/aromatic N) is 1. The van der Waals surface area contributed by atoms with Gasteiger partial charge in [-0.2, -0.15) is 0 Å². The molecule has 124 valence electrons. The quantitative estimate of drug-likeness (QED) is 0.724. The molecule has 0 fully saturated rings. The molecule has 3 rings (SSSR count). The first kappa shape index (κ1) is 16.0. The van der Waals surface area contributed by atoms with Gasteiger partial charge in [0, 0.05) is 19.5 Å². The molecule has 0 unspecified atom stereocenters. The Kier molecular flexibility index (Phi) is 4.77. The van der Waals surface area contributed by atoms with Crippen LogP contribution in [0.1, 0.15) is 18.1 Å². The SMILES string of the molecule is O=C(CCn1c(=O)oc2ccccc21)NC[C@@H](O)c1ccccc1. The average molecular weight is 326 g/mol. The molecule has 0 aliphatic heterocycles. The fourth-order valence-corrected chi connectivity index (χ4v) is 2.53. The van der Waals surface area contributed by atoms with Gasteiger partial charge in [-0.15, -0.1) is 0 Å². The normalized spacial score (nSPS) is 12.2. The summed E-state index contributed by atoms with van der Waals surface area (Å²) >= 11 is 0. The van der Waals surface area contributed by atoms with E-state index in [2.05, 4.69) is 5.32 Å². The van der Waals surface area contributed by atoms with E-state index in [9.17, 15) is 14.7 Å². The van der Waals surface area contributed by atoms with Crippen molar-refractivity contribution in [3.63, 3.8) is 0 Å². The van der Waals surface area contributed by atoms with Crippen LogP contribution in [-0.4, -0.2) is 22.1 Å². The third-order valence-corrected chi connectivity index (χ3v) is 3.81. The largest absolute Gasteiger partial charge is 0.419 e. The van der Waals surface area contributed by atoms with Crippen molar-refractivity contribution >= 4 is 17.0 Å². The van der Waals surface area contributed by atoms with Crippen LogP contribution in [0, 0.1) is 0 Å². The number of aromatic nitrogens is 1. The molecule has 0 saturated carbocycles. The maximum Gasteiger partial charge on any atom is 0.419 e. The van der Waals surface area contributed by atoms with Gasteiger partial charge in [-0.25, -0.2) is 4.79 Å². The number of benzene rings is 2. The van der Waals surface area contributed by atoms with Gasteiger partial charge in [0.25, 0.3) is 0 Å². The molecule has 2 aromatic carbocycles.